The monoisotopic (exact) mass is 819 g/mol. The predicted molar refractivity (Wildman–Crippen MR) is 235 cm³/mol. The summed E-state index contributed by atoms with van der Waals surface area (Å²) in [4.78, 5) is 25.8. The molecule has 60 heavy (non-hydrogen) atoms. The molecular formula is C50H65N3O7. The number of oxime groups is 1. The van der Waals surface area contributed by atoms with E-state index in [9.17, 15) is 10.2 Å². The normalized spacial score (nSPS) is 26.4. The van der Waals surface area contributed by atoms with E-state index < -0.39 is 17.4 Å². The zero-order chi connectivity index (χ0) is 41.9. The largest absolute Gasteiger partial charge is 0.492 e. The number of carbonyl (C=O) groups excluding carboxylic acids is 1. The van der Waals surface area contributed by atoms with Crippen LogP contribution in [0.25, 0.3) is 10.8 Å². The number of amides is 1. The summed E-state index contributed by atoms with van der Waals surface area (Å²) in [6, 6.07) is 20.4. The zero-order valence-corrected chi connectivity index (χ0v) is 35.9. The molecule has 5 aliphatic rings. The molecule has 1 amide bonds. The summed E-state index contributed by atoms with van der Waals surface area (Å²) in [6.07, 6.45) is 11.2. The van der Waals surface area contributed by atoms with Gasteiger partial charge in [-0.25, -0.2) is 0 Å². The first-order chi connectivity index (χ1) is 29.1. The van der Waals surface area contributed by atoms with Crippen LogP contribution in [-0.2, 0) is 20.9 Å². The van der Waals surface area contributed by atoms with Gasteiger partial charge in [-0.1, -0.05) is 72.6 Å². The highest BCUT2D eigenvalue weighted by Crippen LogP contribution is 2.62. The molecule has 6 atom stereocenters. The lowest BCUT2D eigenvalue weighted by Gasteiger charge is -2.60. The van der Waals surface area contributed by atoms with Crippen molar-refractivity contribution >= 4 is 22.4 Å². The number of ether oxygens (including phenoxy) is 3. The summed E-state index contributed by atoms with van der Waals surface area (Å²) in [5, 5.41) is 27.2. The smallest absolute Gasteiger partial charge is 0.239 e. The first-order valence-corrected chi connectivity index (χ1v) is 22.5. The summed E-state index contributed by atoms with van der Waals surface area (Å²) in [7, 11) is 0. The minimum absolute atomic E-state index is 0.0635. The van der Waals surface area contributed by atoms with E-state index in [1.165, 1.54) is 0 Å². The first-order valence-electron chi connectivity index (χ1n) is 22.5. The second-order valence-corrected chi connectivity index (χ2v) is 18.5. The topological polar surface area (TPSA) is 113 Å². The first kappa shape index (κ1) is 42.5. The number of carbonyl (C=O) groups is 1. The molecule has 2 saturated carbocycles. The summed E-state index contributed by atoms with van der Waals surface area (Å²) in [6.45, 7) is 14.7. The highest BCUT2D eigenvalue weighted by Gasteiger charge is 2.66. The molecular weight excluding hydrogens is 755 g/mol. The SMILES string of the molecule is C=CCO[C@@]12Oc3ccc(OCCN4CC4)cc3[C@H]3[C@H](CCCCO)[C@@H](CCCCO)C=C(C(=NOC(C)(C)C)C[C@@H]1N(Cc1cccc4ccccc14)C(=O)C1CC1)[C@H]32. The standard InChI is InChI=1S/C50H65N3O7/c1-5-28-58-50-45(53(48(56)35-19-20-35)33-37-16-12-15-34-13-6-7-17-39(34)37)32-43(51-60-49(2,3)4)41-30-36(14-8-10-26-54)40(18-9-11-27-55)46(47(41)50)42-31-38(21-22-44(42)59-50)57-29-25-52-23-24-52/h5-7,12-13,15-17,21-22,30-31,35-36,40,45-47,54-55H,1,8-11,14,18-20,23-29,32-33H2,2-4H3/t36-,40+,45-,46+,47+,50+/m0/s1. The van der Waals surface area contributed by atoms with Gasteiger partial charge in [-0.3, -0.25) is 9.69 Å². The number of aliphatic hydroxyl groups excluding tert-OH is 2. The van der Waals surface area contributed by atoms with Crippen LogP contribution in [0.1, 0.15) is 95.6 Å². The van der Waals surface area contributed by atoms with Crippen LogP contribution in [0.2, 0.25) is 0 Å². The van der Waals surface area contributed by atoms with Gasteiger partial charge in [0.1, 0.15) is 29.7 Å². The third-order valence-electron chi connectivity index (χ3n) is 13.1. The predicted octanol–water partition coefficient (Wildman–Crippen LogP) is 8.41. The Hall–Kier alpha value is -4.22. The highest BCUT2D eigenvalue weighted by molar-refractivity contribution is 6.03. The maximum absolute atomic E-state index is 15.0. The van der Waals surface area contributed by atoms with Crippen LogP contribution in [0.15, 0.2) is 90.1 Å². The van der Waals surface area contributed by atoms with Crippen molar-refractivity contribution in [3.63, 3.8) is 0 Å². The molecule has 2 heterocycles. The Kier molecular flexibility index (Phi) is 13.0. The van der Waals surface area contributed by atoms with Gasteiger partial charge in [0.2, 0.25) is 11.7 Å². The second-order valence-electron chi connectivity index (χ2n) is 18.5. The molecule has 0 bridgehead atoms. The molecule has 3 fully saturated rings. The molecule has 0 spiro atoms. The van der Waals surface area contributed by atoms with E-state index >= 15 is 4.79 Å². The molecule has 0 unspecified atom stereocenters. The molecule has 10 nitrogen and oxygen atoms in total. The molecule has 3 aromatic rings. The van der Waals surface area contributed by atoms with Crippen molar-refractivity contribution in [3.8, 4) is 11.5 Å². The Bertz CT molecular complexity index is 2050. The molecule has 8 rings (SSSR count). The van der Waals surface area contributed by atoms with Crippen molar-refractivity contribution in [2.24, 2.45) is 28.8 Å². The van der Waals surface area contributed by atoms with Gasteiger partial charge in [0.05, 0.1) is 18.2 Å². The molecule has 2 aliphatic heterocycles. The van der Waals surface area contributed by atoms with E-state index in [1.807, 2.05) is 32.9 Å². The third-order valence-corrected chi connectivity index (χ3v) is 13.1. The maximum atomic E-state index is 15.0. The van der Waals surface area contributed by atoms with Gasteiger partial charge in [0.15, 0.2) is 0 Å². The molecule has 0 radical (unpaired) electrons. The van der Waals surface area contributed by atoms with Gasteiger partial charge in [-0.05, 0) is 111 Å². The number of fused-ring (bicyclic) bond motifs is 3. The van der Waals surface area contributed by atoms with Crippen LogP contribution in [0.4, 0.5) is 0 Å². The Morgan fingerprint density at radius 1 is 1.02 bits per heavy atom. The molecule has 3 aromatic carbocycles. The fourth-order valence-corrected chi connectivity index (χ4v) is 10.0. The average Bonchev–Trinajstić information content (AvgIpc) is 4.19. The Morgan fingerprint density at radius 3 is 2.52 bits per heavy atom. The van der Waals surface area contributed by atoms with Gasteiger partial charge < -0.3 is 34.2 Å². The minimum Gasteiger partial charge on any atom is -0.492 e. The fourth-order valence-electron chi connectivity index (χ4n) is 10.0. The number of benzene rings is 3. The number of hydrogen-bond acceptors (Lipinski definition) is 9. The quantitative estimate of drug-likeness (QED) is 0.0506. The Labute approximate surface area is 356 Å². The molecule has 322 valence electrons. The lowest BCUT2D eigenvalue weighted by Crippen LogP contribution is -2.70. The lowest BCUT2D eigenvalue weighted by atomic mass is 9.55. The highest BCUT2D eigenvalue weighted by atomic mass is 16.7. The summed E-state index contributed by atoms with van der Waals surface area (Å²) < 4.78 is 21.2. The summed E-state index contributed by atoms with van der Waals surface area (Å²) in [5.41, 5.74) is 3.44. The van der Waals surface area contributed by atoms with Crippen LogP contribution in [0.5, 0.6) is 11.5 Å². The number of unbranched alkanes of at least 4 members (excludes halogenated alkanes) is 2. The van der Waals surface area contributed by atoms with E-state index in [-0.39, 0.29) is 55.3 Å². The molecule has 0 aromatic heterocycles. The summed E-state index contributed by atoms with van der Waals surface area (Å²) >= 11 is 0. The van der Waals surface area contributed by atoms with Crippen molar-refractivity contribution in [2.75, 3.05) is 46.1 Å². The second kappa shape index (κ2) is 18.4. The van der Waals surface area contributed by atoms with E-state index in [1.54, 1.807) is 6.08 Å². The molecule has 10 heteroatoms. The number of hydrogen-bond donors (Lipinski definition) is 2. The van der Waals surface area contributed by atoms with Gasteiger partial charge in [0.25, 0.3) is 0 Å². The lowest BCUT2D eigenvalue weighted by molar-refractivity contribution is -0.258. The van der Waals surface area contributed by atoms with Crippen molar-refractivity contribution in [1.82, 2.24) is 9.80 Å². The van der Waals surface area contributed by atoms with Gasteiger partial charge >= 0.3 is 0 Å². The van der Waals surface area contributed by atoms with Gasteiger partial charge in [0, 0.05) is 63.2 Å². The van der Waals surface area contributed by atoms with Crippen LogP contribution < -0.4 is 9.47 Å². The van der Waals surface area contributed by atoms with E-state index in [4.69, 9.17) is 24.2 Å². The Morgan fingerprint density at radius 2 is 1.78 bits per heavy atom. The van der Waals surface area contributed by atoms with Crippen molar-refractivity contribution in [2.45, 2.75) is 108 Å². The number of nitrogens with zero attached hydrogens (tertiary/aromatic N) is 3. The van der Waals surface area contributed by atoms with Crippen LogP contribution >= 0.6 is 0 Å². The maximum Gasteiger partial charge on any atom is 0.239 e. The van der Waals surface area contributed by atoms with Crippen LogP contribution in [0, 0.1) is 23.7 Å². The van der Waals surface area contributed by atoms with E-state index in [0.29, 0.717) is 26.0 Å². The van der Waals surface area contributed by atoms with Crippen LogP contribution in [-0.4, -0.2) is 95.1 Å². The van der Waals surface area contributed by atoms with Gasteiger partial charge in [-0.15, -0.1) is 6.58 Å². The Balaban J connectivity index is 1.33. The van der Waals surface area contributed by atoms with E-state index in [2.05, 4.69) is 71.0 Å². The number of aliphatic hydroxyl groups is 2. The number of rotatable bonds is 20. The third kappa shape index (κ3) is 9.18. The van der Waals surface area contributed by atoms with Crippen molar-refractivity contribution < 1.29 is 34.1 Å². The van der Waals surface area contributed by atoms with Crippen LogP contribution in [0.3, 0.4) is 0 Å². The zero-order valence-electron chi connectivity index (χ0n) is 35.9. The van der Waals surface area contributed by atoms with Gasteiger partial charge in [-0.2, -0.15) is 0 Å². The number of allylic oxidation sites excluding steroid dienone is 1. The molecule has 1 saturated heterocycles. The molecule has 2 N–H and O–H groups in total. The summed E-state index contributed by atoms with van der Waals surface area (Å²) in [5.74, 6) is 0.0990. The fraction of sp³-hybridized carbons (Fsp3) is 0.560. The van der Waals surface area contributed by atoms with Crippen molar-refractivity contribution in [3.05, 3.63) is 96.1 Å². The van der Waals surface area contributed by atoms with Crippen molar-refractivity contribution in [1.29, 1.82) is 0 Å². The average molecular weight is 820 g/mol. The minimum atomic E-state index is -1.31. The van der Waals surface area contributed by atoms with E-state index in [0.717, 1.165) is 109 Å². The molecule has 3 aliphatic carbocycles.